The maximum absolute atomic E-state index is 12.3. The second-order valence-corrected chi connectivity index (χ2v) is 6.11. The number of anilines is 1. The van der Waals surface area contributed by atoms with E-state index in [0.29, 0.717) is 0 Å². The number of aromatic nitrogens is 3. The van der Waals surface area contributed by atoms with Gasteiger partial charge in [-0.05, 0) is 31.2 Å². The van der Waals surface area contributed by atoms with E-state index in [0.717, 1.165) is 12.1 Å². The summed E-state index contributed by atoms with van der Waals surface area (Å²) in [6.45, 7) is 4.78. The van der Waals surface area contributed by atoms with Crippen LogP contribution in [0.4, 0.5) is 5.95 Å². The molecule has 0 radical (unpaired) electrons. The van der Waals surface area contributed by atoms with Crippen LogP contribution in [0.3, 0.4) is 0 Å². The largest absolute Gasteiger partial charge is 0.310 e. The van der Waals surface area contributed by atoms with E-state index < -0.39 is 10.0 Å². The van der Waals surface area contributed by atoms with Crippen LogP contribution in [0.15, 0.2) is 41.6 Å². The lowest BCUT2D eigenvalue weighted by molar-refractivity contribution is 0.592. The summed E-state index contributed by atoms with van der Waals surface area (Å²) in [5.41, 5.74) is 0.895. The molecule has 21 heavy (non-hydrogen) atoms. The fourth-order valence-corrected chi connectivity index (χ4v) is 2.85. The first-order valence-corrected chi connectivity index (χ1v) is 8.01. The molecule has 1 atom stereocenters. The van der Waals surface area contributed by atoms with Crippen molar-refractivity contribution >= 4 is 16.0 Å². The molecule has 0 spiro atoms. The third-order valence-corrected chi connectivity index (χ3v) is 4.21. The van der Waals surface area contributed by atoms with Crippen molar-refractivity contribution in [2.24, 2.45) is 0 Å². The quantitative estimate of drug-likeness (QED) is 0.836. The first kappa shape index (κ1) is 15.3. The van der Waals surface area contributed by atoms with Crippen LogP contribution in [0.25, 0.3) is 0 Å². The van der Waals surface area contributed by atoms with Crippen molar-refractivity contribution in [2.45, 2.75) is 24.8 Å². The molecule has 1 aromatic heterocycles. The van der Waals surface area contributed by atoms with E-state index in [-0.39, 0.29) is 16.9 Å². The number of sulfonamides is 1. The molecule has 2 rings (SSSR count). The predicted molar refractivity (Wildman–Crippen MR) is 79.2 cm³/mol. The Morgan fingerprint density at radius 3 is 2.76 bits per heavy atom. The zero-order chi connectivity index (χ0) is 15.3. The van der Waals surface area contributed by atoms with E-state index in [4.69, 9.17) is 0 Å². The summed E-state index contributed by atoms with van der Waals surface area (Å²) in [4.78, 5) is 3.96. The van der Waals surface area contributed by atoms with Crippen LogP contribution < -0.4 is 10.0 Å². The SMILES string of the molecule is CCNC(C)c1cccc(S(=O)(=O)Nc2nccnn2)c1. The summed E-state index contributed by atoms with van der Waals surface area (Å²) in [5, 5.41) is 10.4. The highest BCUT2D eigenvalue weighted by Crippen LogP contribution is 2.18. The van der Waals surface area contributed by atoms with Crippen LogP contribution in [0.5, 0.6) is 0 Å². The minimum absolute atomic E-state index is 0.0531. The van der Waals surface area contributed by atoms with Gasteiger partial charge in [-0.15, -0.1) is 5.10 Å². The van der Waals surface area contributed by atoms with Gasteiger partial charge in [0, 0.05) is 6.04 Å². The van der Waals surface area contributed by atoms with Crippen molar-refractivity contribution < 1.29 is 8.42 Å². The van der Waals surface area contributed by atoms with Gasteiger partial charge in [0.2, 0.25) is 0 Å². The molecule has 2 aromatic rings. The van der Waals surface area contributed by atoms with Crippen molar-refractivity contribution in [3.8, 4) is 0 Å². The predicted octanol–water partition coefficient (Wildman–Crippen LogP) is 1.34. The molecule has 0 bridgehead atoms. The first-order chi connectivity index (χ1) is 10.0. The van der Waals surface area contributed by atoms with Crippen LogP contribution in [0, 0.1) is 0 Å². The molecule has 112 valence electrons. The number of benzene rings is 1. The van der Waals surface area contributed by atoms with E-state index >= 15 is 0 Å². The molecule has 2 N–H and O–H groups in total. The molecule has 0 amide bonds. The Balaban J connectivity index is 2.26. The maximum atomic E-state index is 12.3. The molecular weight excluding hydrogens is 290 g/mol. The molecule has 0 saturated heterocycles. The van der Waals surface area contributed by atoms with E-state index in [1.54, 1.807) is 12.1 Å². The Bertz CT molecular complexity index is 691. The van der Waals surface area contributed by atoms with Gasteiger partial charge in [-0.25, -0.2) is 18.1 Å². The van der Waals surface area contributed by atoms with Gasteiger partial charge >= 0.3 is 0 Å². The number of nitrogens with one attached hydrogen (secondary N) is 2. The minimum atomic E-state index is -3.73. The van der Waals surface area contributed by atoms with E-state index in [2.05, 4.69) is 25.2 Å². The third-order valence-electron chi connectivity index (χ3n) is 2.89. The number of hydrogen-bond acceptors (Lipinski definition) is 6. The maximum Gasteiger partial charge on any atom is 0.264 e. The summed E-state index contributed by atoms with van der Waals surface area (Å²) in [6, 6.07) is 6.82. The van der Waals surface area contributed by atoms with Crippen molar-refractivity contribution in [3.05, 3.63) is 42.2 Å². The van der Waals surface area contributed by atoms with Gasteiger partial charge in [0.25, 0.3) is 16.0 Å². The fourth-order valence-electron chi connectivity index (χ4n) is 1.85. The summed E-state index contributed by atoms with van der Waals surface area (Å²) >= 11 is 0. The van der Waals surface area contributed by atoms with Crippen molar-refractivity contribution in [1.29, 1.82) is 0 Å². The highest BCUT2D eigenvalue weighted by Gasteiger charge is 2.17. The summed E-state index contributed by atoms with van der Waals surface area (Å²) in [7, 11) is -3.73. The fraction of sp³-hybridized carbons (Fsp3) is 0.308. The Morgan fingerprint density at radius 1 is 1.29 bits per heavy atom. The van der Waals surface area contributed by atoms with Crippen molar-refractivity contribution in [1.82, 2.24) is 20.5 Å². The van der Waals surface area contributed by atoms with Crippen LogP contribution in [0.1, 0.15) is 25.5 Å². The van der Waals surface area contributed by atoms with Gasteiger partial charge in [-0.2, -0.15) is 5.10 Å². The number of rotatable bonds is 6. The average Bonchev–Trinajstić information content (AvgIpc) is 2.48. The number of hydrogen-bond donors (Lipinski definition) is 2. The Labute approximate surface area is 123 Å². The first-order valence-electron chi connectivity index (χ1n) is 6.53. The zero-order valence-electron chi connectivity index (χ0n) is 11.8. The van der Waals surface area contributed by atoms with Crippen molar-refractivity contribution in [3.63, 3.8) is 0 Å². The normalized spacial score (nSPS) is 12.9. The van der Waals surface area contributed by atoms with Crippen LogP contribution >= 0.6 is 0 Å². The Morgan fingerprint density at radius 2 is 2.10 bits per heavy atom. The molecule has 1 unspecified atom stereocenters. The Kier molecular flexibility index (Phi) is 4.81. The lowest BCUT2D eigenvalue weighted by atomic mass is 10.1. The lowest BCUT2D eigenvalue weighted by Gasteiger charge is -2.14. The molecule has 0 aliphatic heterocycles. The second-order valence-electron chi connectivity index (χ2n) is 4.42. The highest BCUT2D eigenvalue weighted by molar-refractivity contribution is 7.92. The molecule has 0 saturated carbocycles. The minimum Gasteiger partial charge on any atom is -0.310 e. The van der Waals surface area contributed by atoms with Gasteiger partial charge in [0.1, 0.15) is 0 Å². The third kappa shape index (κ3) is 3.96. The van der Waals surface area contributed by atoms with Gasteiger partial charge < -0.3 is 5.32 Å². The van der Waals surface area contributed by atoms with Gasteiger partial charge in [-0.1, -0.05) is 19.1 Å². The molecule has 8 heteroatoms. The zero-order valence-corrected chi connectivity index (χ0v) is 12.6. The van der Waals surface area contributed by atoms with Gasteiger partial charge in [0.05, 0.1) is 17.3 Å². The second kappa shape index (κ2) is 6.59. The average molecular weight is 307 g/mol. The molecule has 1 aromatic carbocycles. The number of nitrogens with zero attached hydrogens (tertiary/aromatic N) is 3. The highest BCUT2D eigenvalue weighted by atomic mass is 32.2. The van der Waals surface area contributed by atoms with Crippen LogP contribution in [0.2, 0.25) is 0 Å². The van der Waals surface area contributed by atoms with E-state index in [9.17, 15) is 8.42 Å². The molecule has 7 nitrogen and oxygen atoms in total. The summed E-state index contributed by atoms with van der Waals surface area (Å²) < 4.78 is 26.9. The summed E-state index contributed by atoms with van der Waals surface area (Å²) in [6.07, 6.45) is 2.74. The lowest BCUT2D eigenvalue weighted by Crippen LogP contribution is -2.19. The smallest absolute Gasteiger partial charge is 0.264 e. The Hall–Kier alpha value is -2.06. The molecule has 0 aliphatic rings. The molecule has 1 heterocycles. The van der Waals surface area contributed by atoms with Crippen LogP contribution in [-0.4, -0.2) is 30.1 Å². The standard InChI is InChI=1S/C13H17N5O2S/c1-3-14-10(2)11-5-4-6-12(9-11)21(19,20)18-13-15-7-8-16-17-13/h4-10,14H,3H2,1-2H3,(H,15,17,18). The molecule has 0 fully saturated rings. The molecular formula is C13H17N5O2S. The van der Waals surface area contributed by atoms with Crippen molar-refractivity contribution in [2.75, 3.05) is 11.3 Å². The monoisotopic (exact) mass is 307 g/mol. The van der Waals surface area contributed by atoms with E-state index in [1.807, 2.05) is 19.9 Å². The van der Waals surface area contributed by atoms with Gasteiger partial charge in [0.15, 0.2) is 0 Å². The molecule has 0 aliphatic carbocycles. The van der Waals surface area contributed by atoms with E-state index in [1.165, 1.54) is 18.5 Å². The van der Waals surface area contributed by atoms with Gasteiger partial charge in [-0.3, -0.25) is 0 Å². The topological polar surface area (TPSA) is 96.9 Å². The van der Waals surface area contributed by atoms with Crippen LogP contribution in [-0.2, 0) is 10.0 Å². The summed E-state index contributed by atoms with van der Waals surface area (Å²) in [5.74, 6) is -0.0531.